The number of hydrogen-bond donors (Lipinski definition) is 2. The summed E-state index contributed by atoms with van der Waals surface area (Å²) in [5.41, 5.74) is 2.53. The molecule has 0 radical (unpaired) electrons. The average molecular weight is 348 g/mol. The van der Waals surface area contributed by atoms with Crippen molar-refractivity contribution in [3.05, 3.63) is 30.3 Å². The molecule has 0 saturated heterocycles. The number of hydrogen-bond acceptors (Lipinski definition) is 3. The van der Waals surface area contributed by atoms with E-state index < -0.39 is 10.0 Å². The van der Waals surface area contributed by atoms with Gasteiger partial charge >= 0.3 is 0 Å². The highest BCUT2D eigenvalue weighted by molar-refractivity contribution is 7.89. The lowest BCUT2D eigenvalue weighted by Gasteiger charge is -2.56. The summed E-state index contributed by atoms with van der Waals surface area (Å²) in [6.07, 6.45) is 7.85. The normalized spacial score (nSPS) is 34.2. The van der Waals surface area contributed by atoms with E-state index in [0.717, 1.165) is 37.0 Å². The molecule has 1 aromatic rings. The molecule has 0 heterocycles. The third-order valence-electron chi connectivity index (χ3n) is 6.08. The zero-order valence-corrected chi connectivity index (χ0v) is 14.5. The number of nitrogens with one attached hydrogen (secondary N) is 2. The van der Waals surface area contributed by atoms with Crippen LogP contribution in [0.4, 0.5) is 0 Å². The third kappa shape index (κ3) is 3.09. The molecule has 0 atom stereocenters. The Labute approximate surface area is 143 Å². The molecule has 0 unspecified atom stereocenters. The van der Waals surface area contributed by atoms with Gasteiger partial charge in [0.25, 0.3) is 10.0 Å². The van der Waals surface area contributed by atoms with Gasteiger partial charge in [-0.3, -0.25) is 10.2 Å². The van der Waals surface area contributed by atoms with E-state index >= 15 is 0 Å². The van der Waals surface area contributed by atoms with Crippen molar-refractivity contribution in [2.75, 3.05) is 0 Å². The van der Waals surface area contributed by atoms with E-state index in [4.69, 9.17) is 0 Å². The molecule has 4 bridgehead atoms. The van der Waals surface area contributed by atoms with Crippen molar-refractivity contribution in [2.45, 2.75) is 49.8 Å². The second kappa shape index (κ2) is 5.85. The lowest BCUT2D eigenvalue weighted by molar-refractivity contribution is -0.129. The fourth-order valence-electron chi connectivity index (χ4n) is 5.67. The zero-order chi connectivity index (χ0) is 16.8. The molecule has 0 aromatic heterocycles. The van der Waals surface area contributed by atoms with Crippen LogP contribution in [0.25, 0.3) is 0 Å². The van der Waals surface area contributed by atoms with Crippen molar-refractivity contribution in [3.63, 3.8) is 0 Å². The summed E-state index contributed by atoms with van der Waals surface area (Å²) in [7, 11) is -3.70. The molecule has 0 aliphatic heterocycles. The first kappa shape index (κ1) is 16.1. The Kier molecular flexibility index (Phi) is 3.92. The summed E-state index contributed by atoms with van der Waals surface area (Å²) in [5, 5.41) is 0. The Morgan fingerprint density at radius 3 is 2.08 bits per heavy atom. The molecule has 6 heteroatoms. The summed E-state index contributed by atoms with van der Waals surface area (Å²) < 4.78 is 24.3. The topological polar surface area (TPSA) is 75.3 Å². The minimum atomic E-state index is -3.70. The summed E-state index contributed by atoms with van der Waals surface area (Å²) in [6.45, 7) is 0. The van der Waals surface area contributed by atoms with Crippen LogP contribution in [-0.4, -0.2) is 14.3 Å². The SMILES string of the molecule is O=C(CC12CC3CC(CC(C3)C1)C2)NNS(=O)(=O)c1ccccc1. The van der Waals surface area contributed by atoms with Gasteiger partial charge in [-0.2, -0.15) is 0 Å². The van der Waals surface area contributed by atoms with Crippen LogP contribution in [0.2, 0.25) is 0 Å². The molecular formula is C18H24N2O3S. The summed E-state index contributed by atoms with van der Waals surface area (Å²) in [6, 6.07) is 8.09. The van der Waals surface area contributed by atoms with Gasteiger partial charge in [-0.1, -0.05) is 18.2 Å². The van der Waals surface area contributed by atoms with E-state index in [1.54, 1.807) is 18.2 Å². The maximum atomic E-state index is 12.4. The number of carbonyl (C=O) groups excluding carboxylic acids is 1. The van der Waals surface area contributed by atoms with E-state index in [0.29, 0.717) is 6.42 Å². The smallest absolute Gasteiger partial charge is 0.257 e. The fourth-order valence-corrected chi connectivity index (χ4v) is 6.56. The number of sulfonamides is 1. The van der Waals surface area contributed by atoms with Crippen molar-refractivity contribution in [3.8, 4) is 0 Å². The molecular weight excluding hydrogens is 324 g/mol. The van der Waals surface area contributed by atoms with Crippen LogP contribution in [0, 0.1) is 23.2 Å². The Hall–Kier alpha value is -1.40. The van der Waals surface area contributed by atoms with Crippen molar-refractivity contribution in [2.24, 2.45) is 23.2 Å². The van der Waals surface area contributed by atoms with Crippen LogP contribution in [0.3, 0.4) is 0 Å². The van der Waals surface area contributed by atoms with E-state index in [1.807, 2.05) is 0 Å². The van der Waals surface area contributed by atoms with Crippen LogP contribution in [0.15, 0.2) is 35.2 Å². The average Bonchev–Trinajstić information content (AvgIpc) is 2.52. The second-order valence-electron chi connectivity index (χ2n) is 8.06. The van der Waals surface area contributed by atoms with Crippen LogP contribution < -0.4 is 10.3 Å². The van der Waals surface area contributed by atoms with Crippen LogP contribution in [-0.2, 0) is 14.8 Å². The first-order chi connectivity index (χ1) is 11.4. The lowest BCUT2D eigenvalue weighted by Crippen LogP contribution is -2.50. The van der Waals surface area contributed by atoms with Gasteiger partial charge in [0.05, 0.1) is 4.90 Å². The number of carbonyl (C=O) groups is 1. The molecule has 4 saturated carbocycles. The highest BCUT2D eigenvalue weighted by atomic mass is 32.2. The second-order valence-corrected chi connectivity index (χ2v) is 9.74. The number of rotatable bonds is 5. The molecule has 4 fully saturated rings. The molecule has 4 aliphatic rings. The van der Waals surface area contributed by atoms with Crippen LogP contribution in [0.1, 0.15) is 44.9 Å². The molecule has 130 valence electrons. The highest BCUT2D eigenvalue weighted by Crippen LogP contribution is 2.61. The van der Waals surface area contributed by atoms with Gasteiger partial charge in [0.2, 0.25) is 5.91 Å². The minimum Gasteiger partial charge on any atom is -0.278 e. The molecule has 4 aliphatic carbocycles. The van der Waals surface area contributed by atoms with Gasteiger partial charge in [0.15, 0.2) is 0 Å². The molecule has 0 spiro atoms. The van der Waals surface area contributed by atoms with E-state index in [-0.39, 0.29) is 16.2 Å². The number of amides is 1. The van der Waals surface area contributed by atoms with Crippen molar-refractivity contribution in [1.82, 2.24) is 10.3 Å². The zero-order valence-electron chi connectivity index (χ0n) is 13.7. The minimum absolute atomic E-state index is 0.108. The summed E-state index contributed by atoms with van der Waals surface area (Å²) in [4.78, 5) is 14.8. The lowest BCUT2D eigenvalue weighted by atomic mass is 9.49. The quantitative estimate of drug-likeness (QED) is 0.803. The predicted octanol–water partition coefficient (Wildman–Crippen LogP) is 2.60. The number of benzene rings is 1. The summed E-state index contributed by atoms with van der Waals surface area (Å²) >= 11 is 0. The van der Waals surface area contributed by atoms with Crippen molar-refractivity contribution < 1.29 is 13.2 Å². The molecule has 24 heavy (non-hydrogen) atoms. The van der Waals surface area contributed by atoms with Crippen molar-refractivity contribution >= 4 is 15.9 Å². The monoisotopic (exact) mass is 348 g/mol. The molecule has 1 amide bonds. The highest BCUT2D eigenvalue weighted by Gasteiger charge is 2.51. The van der Waals surface area contributed by atoms with E-state index in [9.17, 15) is 13.2 Å². The fraction of sp³-hybridized carbons (Fsp3) is 0.611. The van der Waals surface area contributed by atoms with Gasteiger partial charge in [0, 0.05) is 6.42 Å². The van der Waals surface area contributed by atoms with Crippen LogP contribution >= 0.6 is 0 Å². The standard InChI is InChI=1S/C18H24N2O3S/c21-17(19-20-24(22,23)16-4-2-1-3-5-16)12-18-9-13-6-14(10-18)8-15(7-13)11-18/h1-5,13-15,20H,6-12H2,(H,19,21). The third-order valence-corrected chi connectivity index (χ3v) is 7.34. The van der Waals surface area contributed by atoms with E-state index in [1.165, 1.54) is 31.4 Å². The number of hydrazine groups is 1. The predicted molar refractivity (Wildman–Crippen MR) is 90.1 cm³/mol. The van der Waals surface area contributed by atoms with E-state index in [2.05, 4.69) is 10.3 Å². The summed E-state index contributed by atoms with van der Waals surface area (Å²) in [5.74, 6) is 2.14. The molecule has 5 rings (SSSR count). The first-order valence-corrected chi connectivity index (χ1v) is 10.3. The van der Waals surface area contributed by atoms with Gasteiger partial charge in [-0.05, 0) is 73.8 Å². The maximum absolute atomic E-state index is 12.4. The van der Waals surface area contributed by atoms with Gasteiger partial charge in [-0.15, -0.1) is 4.83 Å². The van der Waals surface area contributed by atoms with Gasteiger partial charge < -0.3 is 0 Å². The van der Waals surface area contributed by atoms with Gasteiger partial charge in [0.1, 0.15) is 0 Å². The molecule has 1 aromatic carbocycles. The van der Waals surface area contributed by atoms with Crippen LogP contribution in [0.5, 0.6) is 0 Å². The Balaban J connectivity index is 1.38. The Bertz CT molecular complexity index is 695. The first-order valence-electron chi connectivity index (χ1n) is 8.80. The van der Waals surface area contributed by atoms with Gasteiger partial charge in [-0.25, -0.2) is 8.42 Å². The molecule has 2 N–H and O–H groups in total. The van der Waals surface area contributed by atoms with Crippen molar-refractivity contribution in [1.29, 1.82) is 0 Å². The molecule has 5 nitrogen and oxygen atoms in total. The Morgan fingerprint density at radius 1 is 1.00 bits per heavy atom. The largest absolute Gasteiger partial charge is 0.278 e. The Morgan fingerprint density at radius 2 is 1.54 bits per heavy atom. The maximum Gasteiger partial charge on any atom is 0.257 e.